The highest BCUT2D eigenvalue weighted by Gasteiger charge is 2.31. The van der Waals surface area contributed by atoms with Gasteiger partial charge in [-0.05, 0) is 58.6 Å². The van der Waals surface area contributed by atoms with Crippen molar-refractivity contribution in [3.8, 4) is 0 Å². The Bertz CT molecular complexity index is 663. The van der Waals surface area contributed by atoms with Gasteiger partial charge in [-0.1, -0.05) is 17.7 Å². The molecule has 1 unspecified atom stereocenters. The second kappa shape index (κ2) is 6.16. The van der Waals surface area contributed by atoms with E-state index in [0.29, 0.717) is 10.6 Å². The second-order valence-corrected chi connectivity index (χ2v) is 6.36. The minimum atomic E-state index is 0.0323. The first-order valence-corrected chi connectivity index (χ1v) is 8.00. The molecular weight excluding hydrogens is 352 g/mol. The fraction of sp³-hybridized carbons (Fsp3) is 0.250. The Hall–Kier alpha value is -1.39. The lowest BCUT2D eigenvalue weighted by molar-refractivity contribution is 0.0734. The van der Waals surface area contributed by atoms with Gasteiger partial charge in [-0.15, -0.1) is 0 Å². The fourth-order valence-corrected chi connectivity index (χ4v) is 3.60. The van der Waals surface area contributed by atoms with Gasteiger partial charge in [0.25, 0.3) is 5.91 Å². The van der Waals surface area contributed by atoms with Crippen LogP contribution in [-0.4, -0.2) is 22.3 Å². The molecule has 1 aliphatic rings. The highest BCUT2D eigenvalue weighted by atomic mass is 79.9. The number of benzene rings is 1. The van der Waals surface area contributed by atoms with Crippen molar-refractivity contribution in [1.82, 2.24) is 9.88 Å². The SMILES string of the molecule is O=C(c1ccc(Cl)cc1Br)N1CCCC1c1cccnc1. The number of nitrogens with zero attached hydrogens (tertiary/aromatic N) is 2. The Balaban J connectivity index is 1.90. The maximum Gasteiger partial charge on any atom is 0.255 e. The van der Waals surface area contributed by atoms with E-state index in [4.69, 9.17) is 11.6 Å². The molecule has 1 aliphatic heterocycles. The van der Waals surface area contributed by atoms with Crippen LogP contribution in [0.3, 0.4) is 0 Å². The molecule has 3 nitrogen and oxygen atoms in total. The Labute approximate surface area is 137 Å². The fourth-order valence-electron chi connectivity index (χ4n) is 2.75. The van der Waals surface area contributed by atoms with Gasteiger partial charge in [-0.25, -0.2) is 0 Å². The van der Waals surface area contributed by atoms with Crippen molar-refractivity contribution in [3.63, 3.8) is 0 Å². The zero-order valence-corrected chi connectivity index (χ0v) is 13.6. The summed E-state index contributed by atoms with van der Waals surface area (Å²) in [7, 11) is 0. The molecule has 0 aliphatic carbocycles. The first-order chi connectivity index (χ1) is 10.2. The highest BCUT2D eigenvalue weighted by molar-refractivity contribution is 9.10. The minimum Gasteiger partial charge on any atom is -0.332 e. The van der Waals surface area contributed by atoms with Gasteiger partial charge >= 0.3 is 0 Å². The summed E-state index contributed by atoms with van der Waals surface area (Å²) in [4.78, 5) is 18.9. The topological polar surface area (TPSA) is 33.2 Å². The van der Waals surface area contributed by atoms with E-state index in [1.54, 1.807) is 24.4 Å². The molecule has 0 saturated carbocycles. The van der Waals surface area contributed by atoms with Crippen LogP contribution in [0.15, 0.2) is 47.2 Å². The van der Waals surface area contributed by atoms with Crippen molar-refractivity contribution in [2.75, 3.05) is 6.54 Å². The van der Waals surface area contributed by atoms with Crippen molar-refractivity contribution < 1.29 is 4.79 Å². The van der Waals surface area contributed by atoms with Crippen molar-refractivity contribution in [2.45, 2.75) is 18.9 Å². The van der Waals surface area contributed by atoms with E-state index in [-0.39, 0.29) is 11.9 Å². The zero-order chi connectivity index (χ0) is 14.8. The Kier molecular flexibility index (Phi) is 4.27. The van der Waals surface area contributed by atoms with Crippen molar-refractivity contribution in [1.29, 1.82) is 0 Å². The molecule has 21 heavy (non-hydrogen) atoms. The van der Waals surface area contributed by atoms with Crippen LogP contribution in [0.25, 0.3) is 0 Å². The van der Waals surface area contributed by atoms with Crippen LogP contribution in [0.4, 0.5) is 0 Å². The number of aromatic nitrogens is 1. The molecule has 3 rings (SSSR count). The van der Waals surface area contributed by atoms with Crippen LogP contribution in [0, 0.1) is 0 Å². The molecule has 0 bridgehead atoms. The maximum atomic E-state index is 12.8. The Morgan fingerprint density at radius 3 is 2.95 bits per heavy atom. The molecule has 1 saturated heterocycles. The normalized spacial score (nSPS) is 18.0. The molecule has 1 atom stereocenters. The summed E-state index contributed by atoms with van der Waals surface area (Å²) in [5.74, 6) is 0.0323. The highest BCUT2D eigenvalue weighted by Crippen LogP contribution is 2.34. The monoisotopic (exact) mass is 364 g/mol. The number of likely N-dealkylation sites (tertiary alicyclic amines) is 1. The minimum absolute atomic E-state index is 0.0323. The predicted molar refractivity (Wildman–Crippen MR) is 86.4 cm³/mol. The zero-order valence-electron chi connectivity index (χ0n) is 11.3. The van der Waals surface area contributed by atoms with Crippen LogP contribution in [-0.2, 0) is 0 Å². The summed E-state index contributed by atoms with van der Waals surface area (Å²) in [6, 6.07) is 9.31. The number of hydrogen-bond acceptors (Lipinski definition) is 2. The summed E-state index contributed by atoms with van der Waals surface area (Å²) in [6.45, 7) is 0.771. The molecule has 108 valence electrons. The summed E-state index contributed by atoms with van der Waals surface area (Å²) in [5.41, 5.74) is 1.74. The number of halogens is 2. The van der Waals surface area contributed by atoms with Crippen LogP contribution < -0.4 is 0 Å². The lowest BCUT2D eigenvalue weighted by atomic mass is 10.1. The number of pyridine rings is 1. The van der Waals surface area contributed by atoms with E-state index in [0.717, 1.165) is 29.4 Å². The summed E-state index contributed by atoms with van der Waals surface area (Å²) in [5, 5.41) is 0.614. The average Bonchev–Trinajstić information content (AvgIpc) is 2.97. The Morgan fingerprint density at radius 1 is 1.38 bits per heavy atom. The van der Waals surface area contributed by atoms with Crippen LogP contribution in [0.5, 0.6) is 0 Å². The quantitative estimate of drug-likeness (QED) is 0.786. The third-order valence-electron chi connectivity index (χ3n) is 3.74. The standard InChI is InChI=1S/C16H14BrClN2O/c17-14-9-12(18)5-6-13(14)16(21)20-8-2-4-15(20)11-3-1-7-19-10-11/h1,3,5-7,9-10,15H,2,4,8H2. The molecule has 1 fully saturated rings. The molecule has 1 aromatic carbocycles. The number of carbonyl (C=O) groups is 1. The largest absolute Gasteiger partial charge is 0.332 e. The first-order valence-electron chi connectivity index (χ1n) is 6.83. The molecule has 2 heterocycles. The van der Waals surface area contributed by atoms with E-state index in [1.807, 2.05) is 23.2 Å². The van der Waals surface area contributed by atoms with Gasteiger partial charge in [0.1, 0.15) is 0 Å². The molecular formula is C16H14BrClN2O. The van der Waals surface area contributed by atoms with Gasteiger partial charge in [-0.2, -0.15) is 0 Å². The van der Waals surface area contributed by atoms with Gasteiger partial charge in [0.15, 0.2) is 0 Å². The van der Waals surface area contributed by atoms with E-state index >= 15 is 0 Å². The van der Waals surface area contributed by atoms with Crippen LogP contribution in [0.2, 0.25) is 5.02 Å². The van der Waals surface area contributed by atoms with E-state index in [9.17, 15) is 4.79 Å². The predicted octanol–water partition coefficient (Wildman–Crippen LogP) is 4.47. The molecule has 0 spiro atoms. The molecule has 1 amide bonds. The number of hydrogen-bond donors (Lipinski definition) is 0. The summed E-state index contributed by atoms with van der Waals surface area (Å²) < 4.78 is 0.733. The molecule has 0 N–H and O–H groups in total. The number of rotatable bonds is 2. The maximum absolute atomic E-state index is 12.8. The van der Waals surface area contributed by atoms with Crippen LogP contribution >= 0.6 is 27.5 Å². The smallest absolute Gasteiger partial charge is 0.255 e. The lowest BCUT2D eigenvalue weighted by Crippen LogP contribution is -2.30. The van der Waals surface area contributed by atoms with E-state index in [1.165, 1.54) is 0 Å². The van der Waals surface area contributed by atoms with Gasteiger partial charge in [-0.3, -0.25) is 9.78 Å². The molecule has 5 heteroatoms. The Morgan fingerprint density at radius 2 is 2.24 bits per heavy atom. The van der Waals surface area contributed by atoms with Crippen LogP contribution in [0.1, 0.15) is 34.8 Å². The molecule has 0 radical (unpaired) electrons. The lowest BCUT2D eigenvalue weighted by Gasteiger charge is -2.25. The van der Waals surface area contributed by atoms with Crippen molar-refractivity contribution in [3.05, 3.63) is 63.3 Å². The summed E-state index contributed by atoms with van der Waals surface area (Å²) >= 11 is 9.37. The van der Waals surface area contributed by atoms with Gasteiger partial charge in [0.05, 0.1) is 11.6 Å². The van der Waals surface area contributed by atoms with Crippen molar-refractivity contribution in [2.24, 2.45) is 0 Å². The number of carbonyl (C=O) groups excluding carboxylic acids is 1. The third-order valence-corrected chi connectivity index (χ3v) is 4.64. The van der Waals surface area contributed by atoms with Gasteiger partial charge < -0.3 is 4.90 Å². The van der Waals surface area contributed by atoms with Gasteiger partial charge in [0.2, 0.25) is 0 Å². The molecule has 2 aromatic rings. The first kappa shape index (κ1) is 14.5. The third kappa shape index (κ3) is 2.97. The van der Waals surface area contributed by atoms with E-state index in [2.05, 4.69) is 20.9 Å². The number of amides is 1. The molecule has 1 aromatic heterocycles. The summed E-state index contributed by atoms with van der Waals surface area (Å²) in [6.07, 6.45) is 5.58. The van der Waals surface area contributed by atoms with Crippen molar-refractivity contribution >= 4 is 33.4 Å². The second-order valence-electron chi connectivity index (χ2n) is 5.07. The van der Waals surface area contributed by atoms with Gasteiger partial charge in [0, 0.05) is 28.4 Å². The average molecular weight is 366 g/mol. The van der Waals surface area contributed by atoms with E-state index < -0.39 is 0 Å².